The van der Waals surface area contributed by atoms with E-state index in [1.807, 2.05) is 6.92 Å². The lowest BCUT2D eigenvalue weighted by Crippen LogP contribution is -2.51. The number of carbonyl (C=O) groups is 1. The van der Waals surface area contributed by atoms with E-state index in [9.17, 15) is 4.79 Å². The summed E-state index contributed by atoms with van der Waals surface area (Å²) in [6, 6.07) is 0.0784. The van der Waals surface area contributed by atoms with Crippen LogP contribution < -0.4 is 11.1 Å². The first-order valence-corrected chi connectivity index (χ1v) is 7.72. The highest BCUT2D eigenvalue weighted by atomic mass is 16.5. The van der Waals surface area contributed by atoms with Gasteiger partial charge in [0.05, 0.1) is 17.6 Å². The van der Waals surface area contributed by atoms with E-state index >= 15 is 0 Å². The molecule has 1 saturated heterocycles. The second-order valence-corrected chi connectivity index (χ2v) is 5.80. The largest absolute Gasteiger partial charge is 0.376 e. The molecular formula is C15H30N2O2. The van der Waals surface area contributed by atoms with Gasteiger partial charge in [0.2, 0.25) is 5.91 Å². The molecule has 0 spiro atoms. The van der Waals surface area contributed by atoms with Crippen LogP contribution in [0.1, 0.15) is 59.3 Å². The predicted octanol–water partition coefficient (Wildman–Crippen LogP) is 2.22. The van der Waals surface area contributed by atoms with E-state index in [0.29, 0.717) is 6.54 Å². The molecule has 0 bridgehead atoms. The molecule has 1 aliphatic rings. The highest BCUT2D eigenvalue weighted by Crippen LogP contribution is 2.29. The van der Waals surface area contributed by atoms with E-state index in [-0.39, 0.29) is 18.1 Å². The van der Waals surface area contributed by atoms with Crippen LogP contribution in [0, 0.1) is 5.41 Å². The van der Waals surface area contributed by atoms with Crippen LogP contribution in [0.3, 0.4) is 0 Å². The zero-order valence-electron chi connectivity index (χ0n) is 12.7. The number of ether oxygens (including phenoxy) is 1. The summed E-state index contributed by atoms with van der Waals surface area (Å²) in [5.74, 6) is 0.113. The third-order valence-corrected chi connectivity index (χ3v) is 4.21. The highest BCUT2D eigenvalue weighted by molar-refractivity contribution is 5.83. The van der Waals surface area contributed by atoms with Crippen LogP contribution in [0.5, 0.6) is 0 Å². The number of rotatable bonds is 8. The molecule has 1 fully saturated rings. The van der Waals surface area contributed by atoms with Crippen LogP contribution in [0.15, 0.2) is 0 Å². The summed E-state index contributed by atoms with van der Waals surface area (Å²) < 4.78 is 5.64. The lowest BCUT2D eigenvalue weighted by atomic mass is 9.78. The Morgan fingerprint density at radius 3 is 2.47 bits per heavy atom. The Balaban J connectivity index is 2.64. The van der Waals surface area contributed by atoms with Crippen molar-refractivity contribution in [3.05, 3.63) is 0 Å². The maximum Gasteiger partial charge on any atom is 0.227 e. The van der Waals surface area contributed by atoms with Gasteiger partial charge in [0.1, 0.15) is 0 Å². The quantitative estimate of drug-likeness (QED) is 0.711. The molecule has 0 aromatic rings. The fourth-order valence-corrected chi connectivity index (χ4v) is 3.06. The van der Waals surface area contributed by atoms with E-state index in [0.717, 1.165) is 45.1 Å². The molecule has 0 aromatic carbocycles. The van der Waals surface area contributed by atoms with Crippen molar-refractivity contribution < 1.29 is 9.53 Å². The van der Waals surface area contributed by atoms with Gasteiger partial charge in [0, 0.05) is 13.2 Å². The summed E-state index contributed by atoms with van der Waals surface area (Å²) in [5.41, 5.74) is 5.53. The van der Waals surface area contributed by atoms with Gasteiger partial charge in [0.15, 0.2) is 0 Å². The van der Waals surface area contributed by atoms with E-state index in [2.05, 4.69) is 19.2 Å². The van der Waals surface area contributed by atoms with Crippen LogP contribution in [0.25, 0.3) is 0 Å². The van der Waals surface area contributed by atoms with Crippen molar-refractivity contribution >= 4 is 5.91 Å². The Bertz CT molecular complexity index is 269. The molecule has 1 amide bonds. The summed E-state index contributed by atoms with van der Waals surface area (Å²) in [6.45, 7) is 7.50. The Morgan fingerprint density at radius 1 is 1.42 bits per heavy atom. The summed E-state index contributed by atoms with van der Waals surface area (Å²) >= 11 is 0. The first kappa shape index (κ1) is 16.4. The van der Waals surface area contributed by atoms with Crippen LogP contribution in [-0.4, -0.2) is 31.2 Å². The predicted molar refractivity (Wildman–Crippen MR) is 77.9 cm³/mol. The number of amides is 1. The molecule has 0 radical (unpaired) electrons. The van der Waals surface area contributed by atoms with Crippen molar-refractivity contribution in [1.29, 1.82) is 0 Å². The van der Waals surface area contributed by atoms with Gasteiger partial charge >= 0.3 is 0 Å². The fraction of sp³-hybridized carbons (Fsp3) is 0.933. The van der Waals surface area contributed by atoms with Crippen LogP contribution in [0.4, 0.5) is 0 Å². The third-order valence-electron chi connectivity index (χ3n) is 4.21. The van der Waals surface area contributed by atoms with Gasteiger partial charge in [-0.25, -0.2) is 0 Å². The normalized spacial score (nSPS) is 21.4. The van der Waals surface area contributed by atoms with Gasteiger partial charge in [-0.15, -0.1) is 0 Å². The second-order valence-electron chi connectivity index (χ2n) is 5.80. The zero-order chi connectivity index (χ0) is 14.3. The van der Waals surface area contributed by atoms with E-state index in [1.165, 1.54) is 0 Å². The maximum atomic E-state index is 12.6. The molecule has 0 aliphatic carbocycles. The smallest absolute Gasteiger partial charge is 0.227 e. The number of hydrogen-bond donors (Lipinski definition) is 2. The van der Waals surface area contributed by atoms with E-state index < -0.39 is 5.41 Å². The molecule has 2 unspecified atom stereocenters. The first-order valence-electron chi connectivity index (χ1n) is 7.72. The van der Waals surface area contributed by atoms with Crippen molar-refractivity contribution in [3.8, 4) is 0 Å². The molecule has 0 aromatic heterocycles. The van der Waals surface area contributed by atoms with Crippen LogP contribution in [0.2, 0.25) is 0 Å². The first-order chi connectivity index (χ1) is 9.09. The van der Waals surface area contributed by atoms with Crippen molar-refractivity contribution in [1.82, 2.24) is 5.32 Å². The molecule has 3 N–H and O–H groups in total. The Labute approximate surface area is 117 Å². The summed E-state index contributed by atoms with van der Waals surface area (Å²) in [4.78, 5) is 12.6. The molecule has 1 heterocycles. The standard InChI is InChI=1S/C15H30N2O2/c1-4-8-15(11-16,9-5-2)14(18)17-12(3)13-7-6-10-19-13/h12-13H,4-11,16H2,1-3H3,(H,17,18). The lowest BCUT2D eigenvalue weighted by Gasteiger charge is -2.33. The molecule has 1 aliphatic heterocycles. The van der Waals surface area contributed by atoms with Gasteiger partial charge in [-0.1, -0.05) is 26.7 Å². The van der Waals surface area contributed by atoms with Gasteiger partial charge < -0.3 is 15.8 Å². The summed E-state index contributed by atoms with van der Waals surface area (Å²) in [7, 11) is 0. The zero-order valence-corrected chi connectivity index (χ0v) is 12.7. The number of hydrogen-bond acceptors (Lipinski definition) is 3. The number of nitrogens with two attached hydrogens (primary N) is 1. The third kappa shape index (κ3) is 4.18. The molecular weight excluding hydrogens is 240 g/mol. The fourth-order valence-electron chi connectivity index (χ4n) is 3.06. The van der Waals surface area contributed by atoms with Crippen molar-refractivity contribution in [2.45, 2.75) is 71.4 Å². The van der Waals surface area contributed by atoms with Gasteiger partial charge in [-0.3, -0.25) is 4.79 Å². The Hall–Kier alpha value is -0.610. The minimum atomic E-state index is -0.392. The summed E-state index contributed by atoms with van der Waals surface area (Å²) in [5, 5.41) is 3.14. The highest BCUT2D eigenvalue weighted by Gasteiger charge is 2.37. The van der Waals surface area contributed by atoms with Crippen molar-refractivity contribution in [2.24, 2.45) is 11.1 Å². The topological polar surface area (TPSA) is 64.4 Å². The lowest BCUT2D eigenvalue weighted by molar-refractivity contribution is -0.133. The minimum Gasteiger partial charge on any atom is -0.376 e. The minimum absolute atomic E-state index is 0.0784. The molecule has 112 valence electrons. The van der Waals surface area contributed by atoms with Crippen molar-refractivity contribution in [3.63, 3.8) is 0 Å². The molecule has 1 rings (SSSR count). The monoisotopic (exact) mass is 270 g/mol. The average molecular weight is 270 g/mol. The molecule has 4 nitrogen and oxygen atoms in total. The van der Waals surface area contributed by atoms with Gasteiger partial charge in [-0.05, 0) is 32.6 Å². The van der Waals surface area contributed by atoms with E-state index in [1.54, 1.807) is 0 Å². The number of nitrogens with one attached hydrogen (secondary N) is 1. The molecule has 4 heteroatoms. The van der Waals surface area contributed by atoms with Crippen LogP contribution >= 0.6 is 0 Å². The molecule has 0 saturated carbocycles. The number of carbonyl (C=O) groups excluding carboxylic acids is 1. The SMILES string of the molecule is CCCC(CN)(CCC)C(=O)NC(C)C1CCCO1. The average Bonchev–Trinajstić information content (AvgIpc) is 2.92. The summed E-state index contributed by atoms with van der Waals surface area (Å²) in [6.07, 6.45) is 6.00. The Kier molecular flexibility index (Phi) is 6.80. The maximum absolute atomic E-state index is 12.6. The second kappa shape index (κ2) is 7.85. The van der Waals surface area contributed by atoms with Gasteiger partial charge in [0.25, 0.3) is 0 Å². The van der Waals surface area contributed by atoms with Crippen molar-refractivity contribution in [2.75, 3.05) is 13.2 Å². The Morgan fingerprint density at radius 2 is 2.05 bits per heavy atom. The van der Waals surface area contributed by atoms with Gasteiger partial charge in [-0.2, -0.15) is 0 Å². The van der Waals surface area contributed by atoms with E-state index in [4.69, 9.17) is 10.5 Å². The van der Waals surface area contributed by atoms with Crippen LogP contribution in [-0.2, 0) is 9.53 Å². The molecule has 2 atom stereocenters. The molecule has 19 heavy (non-hydrogen) atoms.